The van der Waals surface area contributed by atoms with Gasteiger partial charge in [0.05, 0.1) is 22.6 Å². The van der Waals surface area contributed by atoms with E-state index in [0.29, 0.717) is 28.6 Å². The largest absolute Gasteiger partial charge is 0.454 e. The van der Waals surface area contributed by atoms with Gasteiger partial charge < -0.3 is 19.4 Å². The quantitative estimate of drug-likeness (QED) is 0.781. The number of carbonyl (C=O) groups excluding carboxylic acids is 1. The van der Waals surface area contributed by atoms with Gasteiger partial charge in [-0.05, 0) is 30.7 Å². The molecule has 4 rings (SSSR count). The lowest BCUT2D eigenvalue weighted by Crippen LogP contribution is -2.24. The van der Waals surface area contributed by atoms with Crippen molar-refractivity contribution in [2.45, 2.75) is 13.5 Å². The molecule has 0 aliphatic carbocycles. The van der Waals surface area contributed by atoms with E-state index in [1.165, 1.54) is 0 Å². The first-order valence-electron chi connectivity index (χ1n) is 7.83. The first kappa shape index (κ1) is 15.8. The minimum absolute atomic E-state index is 0.110. The van der Waals surface area contributed by atoms with E-state index in [2.05, 4.69) is 10.3 Å². The highest BCUT2D eigenvalue weighted by molar-refractivity contribution is 6.32. The second-order valence-electron chi connectivity index (χ2n) is 5.90. The topological polar surface area (TPSA) is 65.4 Å². The smallest absolute Gasteiger partial charge is 0.251 e. The van der Waals surface area contributed by atoms with Crippen LogP contribution in [0.1, 0.15) is 21.7 Å². The second-order valence-corrected chi connectivity index (χ2v) is 6.31. The van der Waals surface area contributed by atoms with E-state index in [1.54, 1.807) is 12.1 Å². The molecule has 0 spiro atoms. The third-order valence-electron chi connectivity index (χ3n) is 4.29. The molecule has 2 aromatic carbocycles. The summed E-state index contributed by atoms with van der Waals surface area (Å²) in [6.45, 7) is 2.47. The lowest BCUT2D eigenvalue weighted by atomic mass is 10.2. The molecule has 0 saturated heterocycles. The van der Waals surface area contributed by atoms with Crippen LogP contribution in [0.3, 0.4) is 0 Å². The number of amides is 1. The predicted molar refractivity (Wildman–Crippen MR) is 94.2 cm³/mol. The average Bonchev–Trinajstić information content (AvgIpc) is 3.18. The van der Waals surface area contributed by atoms with Crippen LogP contribution in [0, 0.1) is 6.92 Å². The number of hydrogen-bond acceptors (Lipinski definition) is 4. The number of aromatic nitrogens is 2. The van der Waals surface area contributed by atoms with Gasteiger partial charge in [-0.2, -0.15) is 0 Å². The number of aryl methyl sites for hydroxylation is 2. The van der Waals surface area contributed by atoms with Crippen molar-refractivity contribution >= 4 is 28.5 Å². The van der Waals surface area contributed by atoms with Crippen molar-refractivity contribution in [3.8, 4) is 11.5 Å². The molecule has 7 heteroatoms. The van der Waals surface area contributed by atoms with E-state index in [9.17, 15) is 4.79 Å². The van der Waals surface area contributed by atoms with Gasteiger partial charge in [0.25, 0.3) is 5.91 Å². The van der Waals surface area contributed by atoms with Gasteiger partial charge in [0.1, 0.15) is 5.82 Å². The molecule has 0 fully saturated rings. The number of benzene rings is 2. The highest BCUT2D eigenvalue weighted by atomic mass is 35.5. The predicted octanol–water partition coefficient (Wildman–Crippen LogP) is 3.19. The Kier molecular flexibility index (Phi) is 3.77. The normalized spacial score (nSPS) is 12.6. The first-order chi connectivity index (χ1) is 12.0. The molecule has 1 aliphatic rings. The van der Waals surface area contributed by atoms with Crippen LogP contribution in [-0.2, 0) is 13.6 Å². The number of imidazole rings is 1. The number of halogens is 1. The summed E-state index contributed by atoms with van der Waals surface area (Å²) >= 11 is 6.13. The van der Waals surface area contributed by atoms with Crippen LogP contribution in [-0.4, -0.2) is 22.3 Å². The van der Waals surface area contributed by atoms with Gasteiger partial charge in [-0.3, -0.25) is 4.79 Å². The van der Waals surface area contributed by atoms with Crippen molar-refractivity contribution in [2.75, 3.05) is 6.79 Å². The Labute approximate surface area is 149 Å². The summed E-state index contributed by atoms with van der Waals surface area (Å²) in [6, 6.07) is 9.18. The summed E-state index contributed by atoms with van der Waals surface area (Å²) in [4.78, 5) is 17.1. The van der Waals surface area contributed by atoms with Crippen molar-refractivity contribution in [2.24, 2.45) is 7.05 Å². The van der Waals surface area contributed by atoms with Gasteiger partial charge in [0, 0.05) is 12.6 Å². The molecule has 1 N–H and O–H groups in total. The molecule has 25 heavy (non-hydrogen) atoms. The summed E-state index contributed by atoms with van der Waals surface area (Å²) in [6.07, 6.45) is 0. The maximum absolute atomic E-state index is 12.5. The lowest BCUT2D eigenvalue weighted by Gasteiger charge is -2.08. The molecule has 1 amide bonds. The second kappa shape index (κ2) is 5.97. The summed E-state index contributed by atoms with van der Waals surface area (Å²) in [5, 5.41) is 3.24. The molecule has 0 bridgehead atoms. The minimum atomic E-state index is -0.246. The zero-order valence-electron chi connectivity index (χ0n) is 13.8. The summed E-state index contributed by atoms with van der Waals surface area (Å²) in [7, 11) is 1.95. The van der Waals surface area contributed by atoms with Crippen molar-refractivity contribution in [1.29, 1.82) is 0 Å². The SMILES string of the molecule is Cc1cccc2nc(CNC(=O)c3cc(Cl)c4c(c3)OCO4)n(C)c12. The van der Waals surface area contributed by atoms with Gasteiger partial charge in [-0.15, -0.1) is 0 Å². The number of carbonyl (C=O) groups is 1. The fourth-order valence-corrected chi connectivity index (χ4v) is 3.30. The number of fused-ring (bicyclic) bond motifs is 2. The zero-order valence-corrected chi connectivity index (χ0v) is 14.6. The highest BCUT2D eigenvalue weighted by Gasteiger charge is 2.21. The molecule has 1 aliphatic heterocycles. The van der Waals surface area contributed by atoms with Gasteiger partial charge >= 0.3 is 0 Å². The van der Waals surface area contributed by atoms with Crippen molar-refractivity contribution in [3.05, 3.63) is 52.3 Å². The molecule has 0 unspecified atom stereocenters. The molecular formula is C18H16ClN3O3. The molecule has 3 aromatic rings. The maximum atomic E-state index is 12.5. The Morgan fingerprint density at radius 1 is 1.36 bits per heavy atom. The molecule has 6 nitrogen and oxygen atoms in total. The Morgan fingerprint density at radius 2 is 2.20 bits per heavy atom. The Hall–Kier alpha value is -2.73. The molecule has 2 heterocycles. The maximum Gasteiger partial charge on any atom is 0.251 e. The van der Waals surface area contributed by atoms with Crippen LogP contribution in [0.2, 0.25) is 5.02 Å². The number of nitrogens with one attached hydrogen (secondary N) is 1. The summed E-state index contributed by atoms with van der Waals surface area (Å²) in [5.41, 5.74) is 3.55. The van der Waals surface area contributed by atoms with E-state index in [-0.39, 0.29) is 12.7 Å². The summed E-state index contributed by atoms with van der Waals surface area (Å²) < 4.78 is 12.6. The van der Waals surface area contributed by atoms with Crippen molar-refractivity contribution < 1.29 is 14.3 Å². The van der Waals surface area contributed by atoms with Gasteiger partial charge in [0.15, 0.2) is 11.5 Å². The number of ether oxygens (including phenoxy) is 2. The van der Waals surface area contributed by atoms with Crippen molar-refractivity contribution in [3.63, 3.8) is 0 Å². The van der Waals surface area contributed by atoms with E-state index in [0.717, 1.165) is 22.4 Å². The average molecular weight is 358 g/mol. The number of nitrogens with zero attached hydrogens (tertiary/aromatic N) is 2. The Morgan fingerprint density at radius 3 is 3.00 bits per heavy atom. The first-order valence-corrected chi connectivity index (χ1v) is 8.20. The highest BCUT2D eigenvalue weighted by Crippen LogP contribution is 2.39. The van der Waals surface area contributed by atoms with Gasteiger partial charge in [-0.25, -0.2) is 4.98 Å². The number of rotatable bonds is 3. The Bertz CT molecular complexity index is 997. The fraction of sp³-hybridized carbons (Fsp3) is 0.222. The van der Waals surface area contributed by atoms with Gasteiger partial charge in [0.2, 0.25) is 6.79 Å². The third-order valence-corrected chi connectivity index (χ3v) is 4.57. The third kappa shape index (κ3) is 2.68. The molecule has 1 aromatic heterocycles. The van der Waals surface area contributed by atoms with E-state index >= 15 is 0 Å². The van der Waals surface area contributed by atoms with Crippen LogP contribution in [0.15, 0.2) is 30.3 Å². The lowest BCUT2D eigenvalue weighted by molar-refractivity contribution is 0.0949. The standard InChI is InChI=1S/C18H16ClN3O3/c1-10-4-3-5-13-16(10)22(2)15(21-13)8-20-18(23)11-6-12(19)17-14(7-11)24-9-25-17/h3-7H,8-9H2,1-2H3,(H,20,23). The van der Waals surface area contributed by atoms with Crippen LogP contribution in [0.25, 0.3) is 11.0 Å². The zero-order chi connectivity index (χ0) is 17.6. The number of para-hydroxylation sites is 1. The minimum Gasteiger partial charge on any atom is -0.454 e. The van der Waals surface area contributed by atoms with Crippen LogP contribution < -0.4 is 14.8 Å². The van der Waals surface area contributed by atoms with Gasteiger partial charge in [-0.1, -0.05) is 23.7 Å². The van der Waals surface area contributed by atoms with Crippen LogP contribution >= 0.6 is 11.6 Å². The number of hydrogen-bond donors (Lipinski definition) is 1. The summed E-state index contributed by atoms with van der Waals surface area (Å²) in [5.74, 6) is 1.49. The van der Waals surface area contributed by atoms with E-state index < -0.39 is 0 Å². The monoisotopic (exact) mass is 357 g/mol. The molecule has 0 saturated carbocycles. The Balaban J connectivity index is 1.56. The fourth-order valence-electron chi connectivity index (χ4n) is 3.03. The molecular weight excluding hydrogens is 342 g/mol. The molecule has 0 atom stereocenters. The van der Waals surface area contributed by atoms with Crippen LogP contribution in [0.4, 0.5) is 0 Å². The van der Waals surface area contributed by atoms with E-state index in [1.807, 2.05) is 36.7 Å². The van der Waals surface area contributed by atoms with Crippen molar-refractivity contribution in [1.82, 2.24) is 14.9 Å². The molecule has 128 valence electrons. The molecule has 0 radical (unpaired) electrons. The van der Waals surface area contributed by atoms with Crippen LogP contribution in [0.5, 0.6) is 11.5 Å². The van der Waals surface area contributed by atoms with E-state index in [4.69, 9.17) is 21.1 Å².